The fourth-order valence-electron chi connectivity index (χ4n) is 3.09. The van der Waals surface area contributed by atoms with Crippen LogP contribution in [-0.4, -0.2) is 28.1 Å². The predicted octanol–water partition coefficient (Wildman–Crippen LogP) is 3.43. The zero-order valence-electron chi connectivity index (χ0n) is 12.8. The standard InChI is InChI=1S/C18H19NO4/c20-17(21)11-12-5-8-14(9-6-12)23-18(22)16-10-7-13-3-1-2-4-15(13)19-16/h1-4,7,10,12,14H,5-6,8-9,11H2,(H,20,21). The molecule has 0 radical (unpaired) electrons. The van der Waals surface area contributed by atoms with E-state index in [1.54, 1.807) is 6.07 Å². The van der Waals surface area contributed by atoms with Crippen molar-refractivity contribution < 1.29 is 19.4 Å². The van der Waals surface area contributed by atoms with Crippen molar-refractivity contribution in [1.29, 1.82) is 0 Å². The molecular weight excluding hydrogens is 294 g/mol. The Morgan fingerprint density at radius 3 is 2.57 bits per heavy atom. The average Bonchev–Trinajstić information content (AvgIpc) is 2.55. The summed E-state index contributed by atoms with van der Waals surface area (Å²) in [7, 11) is 0. The van der Waals surface area contributed by atoms with Gasteiger partial charge in [-0.2, -0.15) is 0 Å². The van der Waals surface area contributed by atoms with Gasteiger partial charge < -0.3 is 9.84 Å². The first-order valence-electron chi connectivity index (χ1n) is 7.90. The summed E-state index contributed by atoms with van der Waals surface area (Å²) in [5.41, 5.74) is 1.09. The number of ether oxygens (including phenoxy) is 1. The monoisotopic (exact) mass is 313 g/mol. The third-order valence-electron chi connectivity index (χ3n) is 4.34. The van der Waals surface area contributed by atoms with Crippen molar-refractivity contribution in [3.05, 3.63) is 42.1 Å². The molecule has 5 nitrogen and oxygen atoms in total. The highest BCUT2D eigenvalue weighted by atomic mass is 16.5. The number of benzene rings is 1. The number of hydrogen-bond donors (Lipinski definition) is 1. The number of carboxylic acids is 1. The largest absolute Gasteiger partial charge is 0.481 e. The number of aromatic nitrogens is 1. The number of carboxylic acid groups (broad SMARTS) is 1. The minimum atomic E-state index is -0.759. The molecule has 3 rings (SSSR count). The SMILES string of the molecule is O=C(O)CC1CCC(OC(=O)c2ccc3ccccc3n2)CC1. The molecule has 23 heavy (non-hydrogen) atoms. The highest BCUT2D eigenvalue weighted by Gasteiger charge is 2.26. The van der Waals surface area contributed by atoms with Crippen molar-refractivity contribution in [3.63, 3.8) is 0 Å². The number of carbonyl (C=O) groups excluding carboxylic acids is 1. The molecule has 120 valence electrons. The quantitative estimate of drug-likeness (QED) is 0.875. The summed E-state index contributed by atoms with van der Waals surface area (Å²) in [6, 6.07) is 11.2. The van der Waals surface area contributed by atoms with E-state index in [1.807, 2.05) is 30.3 Å². The van der Waals surface area contributed by atoms with Crippen LogP contribution in [0.3, 0.4) is 0 Å². The van der Waals surface area contributed by atoms with Crippen LogP contribution >= 0.6 is 0 Å². The van der Waals surface area contributed by atoms with Crippen LogP contribution in [0.2, 0.25) is 0 Å². The zero-order chi connectivity index (χ0) is 16.2. The number of rotatable bonds is 4. The maximum absolute atomic E-state index is 12.2. The molecule has 0 atom stereocenters. The van der Waals surface area contributed by atoms with Crippen LogP contribution in [0, 0.1) is 5.92 Å². The summed E-state index contributed by atoms with van der Waals surface area (Å²) in [5, 5.41) is 9.80. The number of aliphatic carboxylic acids is 1. The topological polar surface area (TPSA) is 76.5 Å². The Bertz CT molecular complexity index is 720. The molecule has 0 amide bonds. The molecule has 1 aliphatic rings. The van der Waals surface area contributed by atoms with Crippen LogP contribution in [0.5, 0.6) is 0 Å². The molecule has 1 fully saturated rings. The van der Waals surface area contributed by atoms with Gasteiger partial charge in [-0.05, 0) is 43.7 Å². The first kappa shape index (κ1) is 15.5. The van der Waals surface area contributed by atoms with Gasteiger partial charge in [-0.25, -0.2) is 9.78 Å². The van der Waals surface area contributed by atoms with Crippen molar-refractivity contribution in [1.82, 2.24) is 4.98 Å². The molecule has 2 aromatic rings. The highest BCUT2D eigenvalue weighted by Crippen LogP contribution is 2.29. The average molecular weight is 313 g/mol. The Morgan fingerprint density at radius 1 is 1.09 bits per heavy atom. The van der Waals surface area contributed by atoms with Crippen molar-refractivity contribution >= 4 is 22.8 Å². The molecule has 0 aliphatic heterocycles. The lowest BCUT2D eigenvalue weighted by Gasteiger charge is -2.27. The Hall–Kier alpha value is -2.43. The first-order valence-corrected chi connectivity index (χ1v) is 7.90. The maximum atomic E-state index is 12.2. The second-order valence-electron chi connectivity index (χ2n) is 6.04. The lowest BCUT2D eigenvalue weighted by molar-refractivity contribution is -0.138. The lowest BCUT2D eigenvalue weighted by atomic mass is 9.85. The molecular formula is C18H19NO4. The summed E-state index contributed by atoms with van der Waals surface area (Å²) >= 11 is 0. The number of para-hydroxylation sites is 1. The van der Waals surface area contributed by atoms with E-state index in [0.29, 0.717) is 5.69 Å². The Balaban J connectivity index is 1.59. The number of pyridine rings is 1. The summed E-state index contributed by atoms with van der Waals surface area (Å²) in [5.74, 6) is -0.968. The van der Waals surface area contributed by atoms with E-state index in [0.717, 1.165) is 36.6 Å². The Kier molecular flexibility index (Phi) is 4.55. The smallest absolute Gasteiger partial charge is 0.357 e. The number of hydrogen-bond acceptors (Lipinski definition) is 4. The predicted molar refractivity (Wildman–Crippen MR) is 85.2 cm³/mol. The number of carbonyl (C=O) groups is 2. The minimum Gasteiger partial charge on any atom is -0.481 e. The summed E-state index contributed by atoms with van der Waals surface area (Å²) in [6.07, 6.45) is 3.08. The van der Waals surface area contributed by atoms with Crippen LogP contribution in [0.4, 0.5) is 0 Å². The van der Waals surface area contributed by atoms with Gasteiger partial charge in [-0.3, -0.25) is 4.79 Å². The van der Waals surface area contributed by atoms with Gasteiger partial charge in [0, 0.05) is 11.8 Å². The van der Waals surface area contributed by atoms with Gasteiger partial charge in [0.2, 0.25) is 0 Å². The van der Waals surface area contributed by atoms with E-state index in [-0.39, 0.29) is 18.4 Å². The van der Waals surface area contributed by atoms with E-state index in [2.05, 4.69) is 4.98 Å². The number of esters is 1. The van der Waals surface area contributed by atoms with Gasteiger partial charge in [-0.15, -0.1) is 0 Å². The Morgan fingerprint density at radius 2 is 1.83 bits per heavy atom. The van der Waals surface area contributed by atoms with Crippen LogP contribution in [-0.2, 0) is 9.53 Å². The molecule has 1 saturated carbocycles. The fourth-order valence-corrected chi connectivity index (χ4v) is 3.09. The van der Waals surface area contributed by atoms with Crippen molar-refractivity contribution in [3.8, 4) is 0 Å². The summed E-state index contributed by atoms with van der Waals surface area (Å²) in [6.45, 7) is 0. The van der Waals surface area contributed by atoms with Gasteiger partial charge in [0.15, 0.2) is 0 Å². The maximum Gasteiger partial charge on any atom is 0.357 e. The molecule has 1 aliphatic carbocycles. The van der Waals surface area contributed by atoms with Crippen molar-refractivity contribution in [2.75, 3.05) is 0 Å². The van der Waals surface area contributed by atoms with E-state index in [9.17, 15) is 9.59 Å². The van der Waals surface area contributed by atoms with Gasteiger partial charge in [0.25, 0.3) is 0 Å². The molecule has 0 saturated heterocycles. The normalized spacial score (nSPS) is 21.0. The lowest BCUT2D eigenvalue weighted by Crippen LogP contribution is -2.25. The second kappa shape index (κ2) is 6.77. The van der Waals surface area contributed by atoms with Crippen LogP contribution < -0.4 is 0 Å². The highest BCUT2D eigenvalue weighted by molar-refractivity contribution is 5.91. The van der Waals surface area contributed by atoms with Crippen molar-refractivity contribution in [2.24, 2.45) is 5.92 Å². The third kappa shape index (κ3) is 3.86. The van der Waals surface area contributed by atoms with Gasteiger partial charge >= 0.3 is 11.9 Å². The molecule has 1 aromatic heterocycles. The molecule has 1 aromatic carbocycles. The summed E-state index contributed by atoms with van der Waals surface area (Å²) < 4.78 is 5.53. The fraction of sp³-hybridized carbons (Fsp3) is 0.389. The van der Waals surface area contributed by atoms with Crippen molar-refractivity contribution in [2.45, 2.75) is 38.2 Å². The molecule has 5 heteroatoms. The molecule has 0 spiro atoms. The molecule has 1 heterocycles. The third-order valence-corrected chi connectivity index (χ3v) is 4.34. The minimum absolute atomic E-state index is 0.138. The second-order valence-corrected chi connectivity index (χ2v) is 6.04. The first-order chi connectivity index (χ1) is 11.1. The van der Waals surface area contributed by atoms with Gasteiger partial charge in [0.05, 0.1) is 5.52 Å². The number of fused-ring (bicyclic) bond motifs is 1. The van der Waals surface area contributed by atoms with E-state index >= 15 is 0 Å². The van der Waals surface area contributed by atoms with Crippen LogP contribution in [0.25, 0.3) is 10.9 Å². The van der Waals surface area contributed by atoms with Crippen LogP contribution in [0.1, 0.15) is 42.6 Å². The summed E-state index contributed by atoms with van der Waals surface area (Å²) in [4.78, 5) is 27.3. The Labute approximate surface area is 134 Å². The molecule has 0 bridgehead atoms. The molecule has 1 N–H and O–H groups in total. The number of nitrogens with zero attached hydrogens (tertiary/aromatic N) is 1. The van der Waals surface area contributed by atoms with E-state index < -0.39 is 11.9 Å². The van der Waals surface area contributed by atoms with E-state index in [4.69, 9.17) is 9.84 Å². The van der Waals surface area contributed by atoms with Crippen LogP contribution in [0.15, 0.2) is 36.4 Å². The van der Waals surface area contributed by atoms with Gasteiger partial charge in [-0.1, -0.05) is 24.3 Å². The molecule has 0 unspecified atom stereocenters. The van der Waals surface area contributed by atoms with E-state index in [1.165, 1.54) is 0 Å². The van der Waals surface area contributed by atoms with Gasteiger partial charge in [0.1, 0.15) is 11.8 Å². The zero-order valence-corrected chi connectivity index (χ0v) is 12.8.